The summed E-state index contributed by atoms with van der Waals surface area (Å²) in [6, 6.07) is 9.13. The van der Waals surface area contributed by atoms with Crippen molar-refractivity contribution >= 4 is 15.9 Å². The van der Waals surface area contributed by atoms with Gasteiger partial charge < -0.3 is 9.42 Å². The number of aryl methyl sites for hydroxylation is 1. The van der Waals surface area contributed by atoms with Crippen LogP contribution < -0.4 is 0 Å². The van der Waals surface area contributed by atoms with E-state index in [4.69, 9.17) is 4.52 Å². The van der Waals surface area contributed by atoms with Crippen LogP contribution in [0.4, 0.5) is 0 Å². The molecule has 2 aromatic rings. The molecule has 1 amide bonds. The van der Waals surface area contributed by atoms with E-state index in [2.05, 4.69) is 5.16 Å². The largest absolute Gasteiger partial charge is 0.360 e. The van der Waals surface area contributed by atoms with Gasteiger partial charge in [0.05, 0.1) is 11.4 Å². The van der Waals surface area contributed by atoms with Crippen molar-refractivity contribution in [2.75, 3.05) is 26.2 Å². The van der Waals surface area contributed by atoms with Crippen molar-refractivity contribution in [2.45, 2.75) is 32.4 Å². The van der Waals surface area contributed by atoms with Crippen LogP contribution in [0.5, 0.6) is 0 Å². The molecule has 1 saturated heterocycles. The third kappa shape index (κ3) is 4.22. The molecule has 0 bridgehead atoms. The normalized spacial score (nSPS) is 16.1. The van der Waals surface area contributed by atoms with Gasteiger partial charge in [-0.15, -0.1) is 0 Å². The van der Waals surface area contributed by atoms with E-state index in [0.29, 0.717) is 43.2 Å². The van der Waals surface area contributed by atoms with E-state index in [0.717, 1.165) is 5.56 Å². The lowest BCUT2D eigenvalue weighted by atomic mass is 10.0. The number of aromatic nitrogens is 1. The zero-order valence-electron chi connectivity index (χ0n) is 15.9. The van der Waals surface area contributed by atoms with E-state index < -0.39 is 10.0 Å². The quantitative estimate of drug-likeness (QED) is 0.781. The number of piperazine rings is 1. The smallest absolute Gasteiger partial charge is 0.259 e. The predicted octanol–water partition coefficient (Wildman–Crippen LogP) is 2.39. The summed E-state index contributed by atoms with van der Waals surface area (Å²) in [6.45, 7) is 6.95. The lowest BCUT2D eigenvalue weighted by Crippen LogP contribution is -2.50. The van der Waals surface area contributed by atoms with E-state index in [1.807, 2.05) is 32.0 Å². The second kappa shape index (κ2) is 7.82. The summed E-state index contributed by atoms with van der Waals surface area (Å²) >= 11 is 0. The molecule has 1 aliphatic rings. The van der Waals surface area contributed by atoms with Crippen LogP contribution in [0.15, 0.2) is 34.9 Å². The molecule has 1 aromatic heterocycles. The fourth-order valence-electron chi connectivity index (χ4n) is 3.25. The number of nitrogens with zero attached hydrogens (tertiary/aromatic N) is 3. The summed E-state index contributed by atoms with van der Waals surface area (Å²) in [6.07, 6.45) is 0. The molecule has 7 nitrogen and oxygen atoms in total. The molecule has 27 heavy (non-hydrogen) atoms. The summed E-state index contributed by atoms with van der Waals surface area (Å²) in [5.74, 6) is 0.469. The average molecular weight is 391 g/mol. The minimum atomic E-state index is -3.40. The number of hydrogen-bond donors (Lipinski definition) is 0. The van der Waals surface area contributed by atoms with Gasteiger partial charge in [-0.2, -0.15) is 4.31 Å². The Labute approximate surface area is 160 Å². The van der Waals surface area contributed by atoms with Gasteiger partial charge in [0.25, 0.3) is 5.91 Å². The molecule has 0 unspecified atom stereocenters. The number of carbonyl (C=O) groups is 1. The molecule has 2 heterocycles. The van der Waals surface area contributed by atoms with Crippen LogP contribution in [-0.4, -0.2) is 54.9 Å². The first-order chi connectivity index (χ1) is 12.8. The molecule has 0 radical (unpaired) electrons. The Balaban J connectivity index is 1.67. The Morgan fingerprint density at radius 1 is 1.15 bits per heavy atom. The highest BCUT2D eigenvalue weighted by Gasteiger charge is 2.32. The van der Waals surface area contributed by atoms with Crippen LogP contribution in [0.3, 0.4) is 0 Å². The zero-order valence-corrected chi connectivity index (χ0v) is 16.7. The molecule has 0 spiro atoms. The van der Waals surface area contributed by atoms with Gasteiger partial charge in [0.15, 0.2) is 5.76 Å². The Hall–Kier alpha value is -2.19. The number of benzene rings is 1. The monoisotopic (exact) mass is 391 g/mol. The topological polar surface area (TPSA) is 83.7 Å². The molecular weight excluding hydrogens is 366 g/mol. The van der Waals surface area contributed by atoms with Gasteiger partial charge in [-0.25, -0.2) is 8.42 Å². The maximum atomic E-state index is 12.9. The minimum absolute atomic E-state index is 0.0238. The molecule has 1 aromatic carbocycles. The highest BCUT2D eigenvalue weighted by Crippen LogP contribution is 2.24. The molecule has 0 aliphatic carbocycles. The number of hydrogen-bond acceptors (Lipinski definition) is 5. The van der Waals surface area contributed by atoms with Gasteiger partial charge in [-0.05, 0) is 12.5 Å². The molecule has 0 saturated carbocycles. The first kappa shape index (κ1) is 19.6. The van der Waals surface area contributed by atoms with Gasteiger partial charge in [0.1, 0.15) is 5.56 Å². The molecule has 1 fully saturated rings. The van der Waals surface area contributed by atoms with Crippen molar-refractivity contribution < 1.29 is 17.7 Å². The first-order valence-corrected chi connectivity index (χ1v) is 10.7. The van der Waals surface area contributed by atoms with Crippen molar-refractivity contribution in [3.63, 3.8) is 0 Å². The van der Waals surface area contributed by atoms with Crippen molar-refractivity contribution in [3.05, 3.63) is 52.9 Å². The Morgan fingerprint density at radius 2 is 1.78 bits per heavy atom. The first-order valence-electron chi connectivity index (χ1n) is 9.07. The van der Waals surface area contributed by atoms with Gasteiger partial charge in [-0.1, -0.05) is 49.3 Å². The number of sulfonamides is 1. The van der Waals surface area contributed by atoms with Gasteiger partial charge in [0, 0.05) is 32.1 Å². The van der Waals surface area contributed by atoms with Crippen LogP contribution in [-0.2, 0) is 15.8 Å². The zero-order chi connectivity index (χ0) is 19.6. The molecule has 0 N–H and O–H groups in total. The number of amides is 1. The standard InChI is InChI=1S/C19H25N3O4S/c1-14(2)18-17(15(3)20-26-18)19(23)21-9-11-22(12-10-21)27(24,25)13-16-7-5-4-6-8-16/h4-8,14H,9-13H2,1-3H3. The lowest BCUT2D eigenvalue weighted by Gasteiger charge is -2.34. The van der Waals surface area contributed by atoms with Crippen molar-refractivity contribution in [1.29, 1.82) is 0 Å². The second-order valence-corrected chi connectivity index (χ2v) is 9.06. The number of carbonyl (C=O) groups excluding carboxylic acids is 1. The van der Waals surface area contributed by atoms with Crippen molar-refractivity contribution in [2.24, 2.45) is 0 Å². The fourth-order valence-corrected chi connectivity index (χ4v) is 4.76. The Bertz CT molecular complexity index is 898. The van der Waals surface area contributed by atoms with Crippen LogP contribution >= 0.6 is 0 Å². The van der Waals surface area contributed by atoms with Crippen molar-refractivity contribution in [3.8, 4) is 0 Å². The third-order valence-electron chi connectivity index (χ3n) is 4.74. The van der Waals surface area contributed by atoms with E-state index >= 15 is 0 Å². The van der Waals surface area contributed by atoms with Gasteiger partial charge in [-0.3, -0.25) is 4.79 Å². The highest BCUT2D eigenvalue weighted by molar-refractivity contribution is 7.88. The maximum absolute atomic E-state index is 12.9. The maximum Gasteiger partial charge on any atom is 0.259 e. The summed E-state index contributed by atoms with van der Waals surface area (Å²) in [4.78, 5) is 14.6. The molecule has 3 rings (SSSR count). The minimum Gasteiger partial charge on any atom is -0.360 e. The fraction of sp³-hybridized carbons (Fsp3) is 0.474. The van der Waals surface area contributed by atoms with Crippen LogP contribution in [0.25, 0.3) is 0 Å². The number of rotatable bonds is 5. The summed E-state index contributed by atoms with van der Waals surface area (Å²) in [5.41, 5.74) is 1.84. The SMILES string of the molecule is Cc1noc(C(C)C)c1C(=O)N1CCN(S(=O)(=O)Cc2ccccc2)CC1. The molecule has 146 valence electrons. The van der Waals surface area contributed by atoms with E-state index in [1.165, 1.54) is 4.31 Å². The highest BCUT2D eigenvalue weighted by atomic mass is 32.2. The summed E-state index contributed by atoms with van der Waals surface area (Å²) < 4.78 is 32.1. The molecular formula is C19H25N3O4S. The predicted molar refractivity (Wildman–Crippen MR) is 102 cm³/mol. The van der Waals surface area contributed by atoms with E-state index in [-0.39, 0.29) is 17.6 Å². The van der Waals surface area contributed by atoms with Gasteiger partial charge >= 0.3 is 0 Å². The third-order valence-corrected chi connectivity index (χ3v) is 6.59. The second-order valence-electron chi connectivity index (χ2n) is 7.10. The van der Waals surface area contributed by atoms with E-state index in [9.17, 15) is 13.2 Å². The van der Waals surface area contributed by atoms with Crippen LogP contribution in [0.1, 0.15) is 47.1 Å². The van der Waals surface area contributed by atoms with E-state index in [1.54, 1.807) is 24.0 Å². The summed E-state index contributed by atoms with van der Waals surface area (Å²) in [5, 5.41) is 3.93. The lowest BCUT2D eigenvalue weighted by molar-refractivity contribution is 0.0694. The molecule has 1 aliphatic heterocycles. The van der Waals surface area contributed by atoms with Crippen LogP contribution in [0, 0.1) is 6.92 Å². The average Bonchev–Trinajstić information content (AvgIpc) is 3.03. The molecule has 0 atom stereocenters. The summed E-state index contributed by atoms with van der Waals surface area (Å²) in [7, 11) is -3.40. The Kier molecular flexibility index (Phi) is 5.67. The molecule has 8 heteroatoms. The van der Waals surface area contributed by atoms with Crippen molar-refractivity contribution in [1.82, 2.24) is 14.4 Å². The van der Waals surface area contributed by atoms with Crippen LogP contribution in [0.2, 0.25) is 0 Å². The van der Waals surface area contributed by atoms with Gasteiger partial charge in [0.2, 0.25) is 10.0 Å². The Morgan fingerprint density at radius 3 is 2.37 bits per heavy atom.